The number of nitrogens with one attached hydrogen (secondary N) is 2. The molecule has 0 fully saturated rings. The molecule has 0 spiro atoms. The molecule has 0 unspecified atom stereocenters. The molecule has 9 heteroatoms. The molecule has 0 amide bonds. The van der Waals surface area contributed by atoms with Crippen LogP contribution < -0.4 is 9.44 Å². The van der Waals surface area contributed by atoms with Crippen molar-refractivity contribution < 1.29 is 16.8 Å². The summed E-state index contributed by atoms with van der Waals surface area (Å²) in [6.45, 7) is 0. The van der Waals surface area contributed by atoms with Gasteiger partial charge in [0, 0.05) is 16.4 Å². The number of benzene rings is 3. The van der Waals surface area contributed by atoms with Crippen LogP contribution in [0.3, 0.4) is 0 Å². The van der Waals surface area contributed by atoms with Gasteiger partial charge in [0.1, 0.15) is 0 Å². The highest BCUT2D eigenvalue weighted by Crippen LogP contribution is 2.20. The highest BCUT2D eigenvalue weighted by molar-refractivity contribution is 7.92. The molecule has 0 saturated heterocycles. The minimum absolute atomic E-state index is 0.00783. The molecule has 0 aromatic heterocycles. The van der Waals surface area contributed by atoms with E-state index in [1.807, 2.05) is 0 Å². The molecule has 0 aliphatic rings. The normalized spacial score (nSPS) is 11.8. The van der Waals surface area contributed by atoms with E-state index in [-0.39, 0.29) is 16.3 Å². The van der Waals surface area contributed by atoms with Crippen LogP contribution in [0.15, 0.2) is 83.8 Å². The van der Waals surface area contributed by atoms with E-state index in [0.717, 1.165) is 0 Å². The van der Waals surface area contributed by atoms with Crippen LogP contribution in [0.5, 0.6) is 0 Å². The Balaban J connectivity index is 1.71. The fraction of sp³-hybridized carbons (Fsp3) is 0.0526. The predicted octanol–water partition coefficient (Wildman–Crippen LogP) is 4.08. The molecule has 0 heterocycles. The molecule has 0 saturated carbocycles. The largest absolute Gasteiger partial charge is 0.283 e. The summed E-state index contributed by atoms with van der Waals surface area (Å²) in [7, 11) is -7.42. The number of hydrogen-bond donors (Lipinski definition) is 2. The third-order valence-corrected chi connectivity index (χ3v) is 6.64. The van der Waals surface area contributed by atoms with Gasteiger partial charge in [-0.2, -0.15) is 0 Å². The van der Waals surface area contributed by atoms with E-state index in [1.54, 1.807) is 54.6 Å². The second kappa shape index (κ2) is 8.22. The maximum Gasteiger partial charge on any atom is 0.261 e. The van der Waals surface area contributed by atoms with Gasteiger partial charge in [-0.3, -0.25) is 9.44 Å². The zero-order valence-electron chi connectivity index (χ0n) is 14.5. The molecule has 0 radical (unpaired) electrons. The summed E-state index contributed by atoms with van der Waals surface area (Å²) >= 11 is 5.79. The Bertz CT molecular complexity index is 1150. The average Bonchev–Trinajstić information content (AvgIpc) is 2.64. The second-order valence-corrected chi connectivity index (χ2v) is 9.82. The third-order valence-electron chi connectivity index (χ3n) is 3.73. The number of sulfonamides is 2. The summed E-state index contributed by atoms with van der Waals surface area (Å²) < 4.78 is 54.3. The highest BCUT2D eigenvalue weighted by atomic mass is 35.5. The zero-order chi connectivity index (χ0) is 20.2. The van der Waals surface area contributed by atoms with Crippen LogP contribution in [0.2, 0.25) is 5.02 Å². The van der Waals surface area contributed by atoms with Gasteiger partial charge in [-0.05, 0) is 54.1 Å². The van der Waals surface area contributed by atoms with E-state index in [2.05, 4.69) is 9.44 Å². The summed E-state index contributed by atoms with van der Waals surface area (Å²) in [6, 6.07) is 20.5. The Kier molecular flexibility index (Phi) is 5.93. The van der Waals surface area contributed by atoms with Gasteiger partial charge in [0.05, 0.1) is 10.6 Å². The van der Waals surface area contributed by atoms with Crippen LogP contribution in [0.1, 0.15) is 5.56 Å². The fourth-order valence-electron chi connectivity index (χ4n) is 2.44. The van der Waals surface area contributed by atoms with Crippen molar-refractivity contribution in [3.05, 3.63) is 89.4 Å². The Morgan fingerprint density at radius 2 is 1.21 bits per heavy atom. The second-order valence-electron chi connectivity index (χ2n) is 5.98. The monoisotopic (exact) mass is 436 g/mol. The topological polar surface area (TPSA) is 92.3 Å². The SMILES string of the molecule is O=S(=O)(Cc1ccccc1)Nc1ccc(S(=O)(=O)Nc2ccc(Cl)cc2)cc1. The van der Waals surface area contributed by atoms with Gasteiger partial charge >= 0.3 is 0 Å². The lowest BCUT2D eigenvalue weighted by Crippen LogP contribution is -2.16. The van der Waals surface area contributed by atoms with Crippen LogP contribution in [-0.2, 0) is 25.8 Å². The molecule has 6 nitrogen and oxygen atoms in total. The van der Waals surface area contributed by atoms with E-state index >= 15 is 0 Å². The van der Waals surface area contributed by atoms with E-state index < -0.39 is 20.0 Å². The maximum atomic E-state index is 12.4. The molecule has 146 valence electrons. The number of rotatable bonds is 7. The fourth-order valence-corrected chi connectivity index (χ4v) is 4.83. The Morgan fingerprint density at radius 3 is 1.82 bits per heavy atom. The van der Waals surface area contributed by atoms with Gasteiger partial charge in [-0.1, -0.05) is 41.9 Å². The first-order valence-electron chi connectivity index (χ1n) is 8.16. The average molecular weight is 437 g/mol. The van der Waals surface area contributed by atoms with Crippen molar-refractivity contribution in [1.82, 2.24) is 0 Å². The van der Waals surface area contributed by atoms with Crippen LogP contribution in [0.25, 0.3) is 0 Å². The zero-order valence-corrected chi connectivity index (χ0v) is 16.9. The summed E-state index contributed by atoms with van der Waals surface area (Å²) in [5.41, 5.74) is 1.31. The van der Waals surface area contributed by atoms with Crippen LogP contribution in [-0.4, -0.2) is 16.8 Å². The predicted molar refractivity (Wildman–Crippen MR) is 111 cm³/mol. The van der Waals surface area contributed by atoms with Crippen LogP contribution in [0, 0.1) is 0 Å². The standard InChI is InChI=1S/C19H17ClN2O4S2/c20-16-6-8-18(9-7-16)22-28(25,26)19-12-10-17(11-13-19)21-27(23,24)14-15-4-2-1-3-5-15/h1-13,21-22H,14H2. The maximum absolute atomic E-state index is 12.4. The van der Waals surface area contributed by atoms with Gasteiger partial charge in [-0.15, -0.1) is 0 Å². The van der Waals surface area contributed by atoms with Crippen LogP contribution in [0.4, 0.5) is 11.4 Å². The van der Waals surface area contributed by atoms with Crippen LogP contribution >= 0.6 is 11.6 Å². The third kappa shape index (κ3) is 5.48. The van der Waals surface area contributed by atoms with Crippen molar-refractivity contribution in [3.63, 3.8) is 0 Å². The lowest BCUT2D eigenvalue weighted by atomic mass is 10.2. The Labute approximate surface area is 169 Å². The number of anilines is 2. The molecule has 0 bridgehead atoms. The minimum atomic E-state index is -3.81. The van der Waals surface area contributed by atoms with E-state index in [0.29, 0.717) is 16.3 Å². The minimum Gasteiger partial charge on any atom is -0.283 e. The Hall–Kier alpha value is -2.55. The highest BCUT2D eigenvalue weighted by Gasteiger charge is 2.16. The number of hydrogen-bond acceptors (Lipinski definition) is 4. The van der Waals surface area contributed by atoms with Crippen molar-refractivity contribution in [1.29, 1.82) is 0 Å². The molecular formula is C19H17ClN2O4S2. The van der Waals surface area contributed by atoms with E-state index in [1.165, 1.54) is 24.3 Å². The first-order valence-corrected chi connectivity index (χ1v) is 11.7. The van der Waals surface area contributed by atoms with E-state index in [9.17, 15) is 16.8 Å². The van der Waals surface area contributed by atoms with Crippen molar-refractivity contribution in [2.45, 2.75) is 10.6 Å². The first kappa shape index (κ1) is 20.2. The van der Waals surface area contributed by atoms with Gasteiger partial charge in [0.15, 0.2) is 0 Å². The molecular weight excluding hydrogens is 420 g/mol. The molecule has 0 aliphatic carbocycles. The molecule has 2 N–H and O–H groups in total. The summed E-state index contributed by atoms with van der Waals surface area (Å²) in [5, 5.41) is 0.495. The van der Waals surface area contributed by atoms with Gasteiger partial charge in [0.25, 0.3) is 10.0 Å². The first-order chi connectivity index (χ1) is 13.2. The molecule has 0 aliphatic heterocycles. The van der Waals surface area contributed by atoms with Gasteiger partial charge in [0.2, 0.25) is 10.0 Å². The summed E-state index contributed by atoms with van der Waals surface area (Å²) in [6.07, 6.45) is 0. The van der Waals surface area contributed by atoms with Gasteiger partial charge in [-0.25, -0.2) is 16.8 Å². The van der Waals surface area contributed by atoms with Crippen molar-refractivity contribution in [2.75, 3.05) is 9.44 Å². The lowest BCUT2D eigenvalue weighted by Gasteiger charge is -2.11. The molecule has 3 rings (SSSR count). The summed E-state index contributed by atoms with van der Waals surface area (Å²) in [4.78, 5) is 0.00783. The molecule has 3 aromatic carbocycles. The molecule has 28 heavy (non-hydrogen) atoms. The quantitative estimate of drug-likeness (QED) is 0.583. The smallest absolute Gasteiger partial charge is 0.261 e. The lowest BCUT2D eigenvalue weighted by molar-refractivity contribution is 0.599. The van der Waals surface area contributed by atoms with Crippen molar-refractivity contribution in [3.8, 4) is 0 Å². The summed E-state index contributed by atoms with van der Waals surface area (Å²) in [5.74, 6) is -0.175. The van der Waals surface area contributed by atoms with Crippen molar-refractivity contribution in [2.24, 2.45) is 0 Å². The molecule has 0 atom stereocenters. The molecule has 3 aromatic rings. The Morgan fingerprint density at radius 1 is 0.679 bits per heavy atom. The number of halogens is 1. The van der Waals surface area contributed by atoms with Crippen molar-refractivity contribution >= 4 is 43.0 Å². The van der Waals surface area contributed by atoms with E-state index in [4.69, 9.17) is 11.6 Å². The van der Waals surface area contributed by atoms with Gasteiger partial charge < -0.3 is 0 Å².